The van der Waals surface area contributed by atoms with Crippen molar-refractivity contribution in [1.82, 2.24) is 0 Å². The SMILES string of the molecule is CC(=O)c1cc(Cl)oc1Br. The van der Waals surface area contributed by atoms with Crippen LogP contribution in [0.15, 0.2) is 15.2 Å². The molecule has 0 bridgehead atoms. The first-order valence-electron chi connectivity index (χ1n) is 2.57. The van der Waals surface area contributed by atoms with Crippen LogP contribution in [0.4, 0.5) is 0 Å². The van der Waals surface area contributed by atoms with Crippen molar-refractivity contribution in [2.75, 3.05) is 0 Å². The van der Waals surface area contributed by atoms with Crippen molar-refractivity contribution in [3.8, 4) is 0 Å². The van der Waals surface area contributed by atoms with Gasteiger partial charge in [0.25, 0.3) is 0 Å². The molecule has 0 fully saturated rings. The minimum atomic E-state index is -0.0671. The number of hydrogen-bond acceptors (Lipinski definition) is 2. The van der Waals surface area contributed by atoms with Crippen LogP contribution in [0.1, 0.15) is 17.3 Å². The van der Waals surface area contributed by atoms with Crippen molar-refractivity contribution in [3.05, 3.63) is 21.5 Å². The Kier molecular flexibility index (Phi) is 2.16. The van der Waals surface area contributed by atoms with Crippen LogP contribution in [0.3, 0.4) is 0 Å². The van der Waals surface area contributed by atoms with Crippen molar-refractivity contribution in [2.24, 2.45) is 0 Å². The molecule has 0 aliphatic carbocycles. The maximum Gasteiger partial charge on any atom is 0.195 e. The monoisotopic (exact) mass is 222 g/mol. The standard InChI is InChI=1S/C6H4BrClO2/c1-3(9)4-2-5(8)10-6(4)7/h2H,1H3. The Hall–Kier alpha value is -0.280. The molecule has 0 saturated carbocycles. The van der Waals surface area contributed by atoms with Gasteiger partial charge in [0.1, 0.15) is 0 Å². The van der Waals surface area contributed by atoms with Crippen molar-refractivity contribution >= 4 is 33.3 Å². The van der Waals surface area contributed by atoms with Gasteiger partial charge in [0.05, 0.1) is 5.56 Å². The van der Waals surface area contributed by atoms with Crippen molar-refractivity contribution in [1.29, 1.82) is 0 Å². The molecule has 10 heavy (non-hydrogen) atoms. The molecule has 1 heterocycles. The first kappa shape index (κ1) is 7.82. The van der Waals surface area contributed by atoms with Crippen LogP contribution >= 0.6 is 27.5 Å². The normalized spacial score (nSPS) is 9.90. The lowest BCUT2D eigenvalue weighted by Gasteiger charge is -1.84. The summed E-state index contributed by atoms with van der Waals surface area (Å²) >= 11 is 8.51. The van der Waals surface area contributed by atoms with Gasteiger partial charge in [-0.15, -0.1) is 0 Å². The zero-order valence-electron chi connectivity index (χ0n) is 5.15. The van der Waals surface area contributed by atoms with Gasteiger partial charge in [0.15, 0.2) is 15.7 Å². The Bertz CT molecular complexity index is 267. The largest absolute Gasteiger partial charge is 0.437 e. The number of carbonyl (C=O) groups is 1. The highest BCUT2D eigenvalue weighted by molar-refractivity contribution is 9.10. The smallest absolute Gasteiger partial charge is 0.195 e. The van der Waals surface area contributed by atoms with Crippen LogP contribution in [0.5, 0.6) is 0 Å². The Morgan fingerprint density at radius 2 is 2.40 bits per heavy atom. The molecule has 0 N–H and O–H groups in total. The Morgan fingerprint density at radius 3 is 2.60 bits per heavy atom. The van der Waals surface area contributed by atoms with E-state index < -0.39 is 0 Å². The molecule has 0 radical (unpaired) electrons. The zero-order chi connectivity index (χ0) is 7.72. The predicted octanol–water partition coefficient (Wildman–Crippen LogP) is 2.90. The number of halogens is 2. The fourth-order valence-electron chi connectivity index (χ4n) is 0.580. The molecule has 0 atom stereocenters. The van der Waals surface area contributed by atoms with Gasteiger partial charge < -0.3 is 4.42 Å². The number of carbonyl (C=O) groups excluding carboxylic acids is 1. The van der Waals surface area contributed by atoms with E-state index in [9.17, 15) is 4.79 Å². The molecule has 1 aromatic rings. The van der Waals surface area contributed by atoms with Gasteiger partial charge in [-0.2, -0.15) is 0 Å². The third kappa shape index (κ3) is 1.41. The summed E-state index contributed by atoms with van der Waals surface area (Å²) in [6.07, 6.45) is 0. The van der Waals surface area contributed by atoms with Gasteiger partial charge in [-0.05, 0) is 34.5 Å². The summed E-state index contributed by atoms with van der Waals surface area (Å²) in [4.78, 5) is 10.7. The van der Waals surface area contributed by atoms with Gasteiger partial charge in [-0.3, -0.25) is 4.79 Å². The molecule has 0 unspecified atom stereocenters. The van der Waals surface area contributed by atoms with Crippen LogP contribution in [0.25, 0.3) is 0 Å². The number of ketones is 1. The number of hydrogen-bond donors (Lipinski definition) is 0. The minimum Gasteiger partial charge on any atom is -0.437 e. The average molecular weight is 223 g/mol. The number of rotatable bonds is 1. The maximum absolute atomic E-state index is 10.7. The molecule has 0 amide bonds. The van der Waals surface area contributed by atoms with E-state index in [-0.39, 0.29) is 11.0 Å². The molecule has 0 aliphatic heterocycles. The van der Waals surface area contributed by atoms with E-state index in [4.69, 9.17) is 16.0 Å². The second-order valence-corrected chi connectivity index (χ2v) is 2.89. The van der Waals surface area contributed by atoms with Crippen LogP contribution in [0.2, 0.25) is 5.22 Å². The van der Waals surface area contributed by atoms with Gasteiger partial charge in [0, 0.05) is 6.07 Å². The summed E-state index contributed by atoms with van der Waals surface area (Å²) < 4.78 is 5.23. The highest BCUT2D eigenvalue weighted by atomic mass is 79.9. The van der Waals surface area contributed by atoms with Gasteiger partial charge >= 0.3 is 0 Å². The summed E-state index contributed by atoms with van der Waals surface area (Å²) in [5, 5.41) is 0.220. The summed E-state index contributed by atoms with van der Waals surface area (Å²) in [6, 6.07) is 1.48. The molecule has 0 spiro atoms. The summed E-state index contributed by atoms with van der Waals surface area (Å²) in [6.45, 7) is 1.45. The molecule has 0 saturated heterocycles. The fourth-order valence-corrected chi connectivity index (χ4v) is 1.43. The van der Waals surface area contributed by atoms with E-state index in [0.717, 1.165) is 0 Å². The lowest BCUT2D eigenvalue weighted by molar-refractivity contribution is 0.101. The molecule has 1 aromatic heterocycles. The van der Waals surface area contributed by atoms with Crippen LogP contribution in [0, 0.1) is 0 Å². The topological polar surface area (TPSA) is 30.2 Å². The van der Waals surface area contributed by atoms with Crippen molar-refractivity contribution < 1.29 is 9.21 Å². The van der Waals surface area contributed by atoms with Crippen molar-refractivity contribution in [3.63, 3.8) is 0 Å². The van der Waals surface area contributed by atoms with Gasteiger partial charge in [0.2, 0.25) is 0 Å². The molecule has 1 rings (SSSR count). The van der Waals surface area contributed by atoms with E-state index in [1.165, 1.54) is 13.0 Å². The quantitative estimate of drug-likeness (QED) is 0.685. The highest BCUT2D eigenvalue weighted by Crippen LogP contribution is 2.24. The van der Waals surface area contributed by atoms with Gasteiger partial charge in [-0.1, -0.05) is 0 Å². The second kappa shape index (κ2) is 2.76. The molecule has 2 nitrogen and oxygen atoms in total. The third-order valence-electron chi connectivity index (χ3n) is 1.04. The van der Waals surface area contributed by atoms with Crippen LogP contribution in [-0.4, -0.2) is 5.78 Å². The highest BCUT2D eigenvalue weighted by Gasteiger charge is 2.10. The van der Waals surface area contributed by atoms with Crippen LogP contribution in [-0.2, 0) is 0 Å². The number of furan rings is 1. The average Bonchev–Trinajstić information content (AvgIpc) is 2.10. The first-order chi connectivity index (χ1) is 4.61. The van der Waals surface area contributed by atoms with Gasteiger partial charge in [-0.25, -0.2) is 0 Å². The first-order valence-corrected chi connectivity index (χ1v) is 3.74. The third-order valence-corrected chi connectivity index (χ3v) is 1.81. The Balaban J connectivity index is 3.15. The van der Waals surface area contributed by atoms with E-state index in [2.05, 4.69) is 15.9 Å². The van der Waals surface area contributed by atoms with Crippen molar-refractivity contribution in [2.45, 2.75) is 6.92 Å². The summed E-state index contributed by atoms with van der Waals surface area (Å²) in [5.41, 5.74) is 0.477. The molecular weight excluding hydrogens is 219 g/mol. The predicted molar refractivity (Wildman–Crippen MR) is 41.4 cm³/mol. The molecule has 0 aromatic carbocycles. The lowest BCUT2D eigenvalue weighted by Crippen LogP contribution is -1.87. The summed E-state index contributed by atoms with van der Waals surface area (Å²) in [7, 11) is 0. The molecule has 54 valence electrons. The minimum absolute atomic E-state index is 0.0671. The molecule has 4 heteroatoms. The Morgan fingerprint density at radius 1 is 1.80 bits per heavy atom. The van der Waals surface area contributed by atoms with E-state index in [0.29, 0.717) is 10.2 Å². The number of Topliss-reactive ketones (excluding diaryl/α,β-unsaturated/α-hetero) is 1. The van der Waals surface area contributed by atoms with E-state index in [1.807, 2.05) is 0 Å². The fraction of sp³-hybridized carbons (Fsp3) is 0.167. The zero-order valence-corrected chi connectivity index (χ0v) is 7.49. The lowest BCUT2D eigenvalue weighted by atomic mass is 10.2. The molecular formula is C6H4BrClO2. The Labute approximate surface area is 71.3 Å². The molecule has 0 aliphatic rings. The van der Waals surface area contributed by atoms with E-state index in [1.54, 1.807) is 0 Å². The second-order valence-electron chi connectivity index (χ2n) is 1.79. The maximum atomic E-state index is 10.7. The van der Waals surface area contributed by atoms with Crippen LogP contribution < -0.4 is 0 Å². The van der Waals surface area contributed by atoms with E-state index >= 15 is 0 Å². The summed E-state index contributed by atoms with van der Waals surface area (Å²) in [5.74, 6) is -0.0671.